The molecule has 0 amide bonds. The number of nitrogens with zero attached hydrogens (tertiary/aromatic N) is 1. The van der Waals surface area contributed by atoms with Crippen molar-refractivity contribution in [2.75, 3.05) is 13.6 Å². The van der Waals surface area contributed by atoms with E-state index in [1.165, 1.54) is 18.6 Å². The molecule has 0 saturated carbocycles. The lowest BCUT2D eigenvalue weighted by Crippen LogP contribution is -2.27. The first-order chi connectivity index (χ1) is 13.0. The van der Waals surface area contributed by atoms with Gasteiger partial charge in [-0.1, -0.05) is 24.3 Å². The Labute approximate surface area is 157 Å². The van der Waals surface area contributed by atoms with Gasteiger partial charge in [-0.25, -0.2) is 8.78 Å². The summed E-state index contributed by atoms with van der Waals surface area (Å²) in [6.07, 6.45) is 3.17. The van der Waals surface area contributed by atoms with Crippen LogP contribution in [-0.4, -0.2) is 35.3 Å². The van der Waals surface area contributed by atoms with Gasteiger partial charge in [-0.2, -0.15) is 0 Å². The van der Waals surface area contributed by atoms with Crippen molar-refractivity contribution >= 4 is 16.7 Å². The summed E-state index contributed by atoms with van der Waals surface area (Å²) in [5.74, 6) is -2.49. The summed E-state index contributed by atoms with van der Waals surface area (Å²) >= 11 is 0. The molecule has 1 N–H and O–H groups in total. The fourth-order valence-corrected chi connectivity index (χ4v) is 4.09. The quantitative estimate of drug-likeness (QED) is 0.673. The third-order valence-electron chi connectivity index (χ3n) is 5.60. The van der Waals surface area contributed by atoms with E-state index in [2.05, 4.69) is 16.9 Å². The van der Waals surface area contributed by atoms with Crippen molar-refractivity contribution < 1.29 is 13.6 Å². The first kappa shape index (κ1) is 17.9. The molecule has 2 heterocycles. The topological polar surface area (TPSA) is 36.1 Å². The number of aromatic nitrogens is 1. The number of carbonyl (C=O) groups excluding carboxylic acids is 1. The van der Waals surface area contributed by atoms with Crippen LogP contribution in [0.5, 0.6) is 0 Å². The van der Waals surface area contributed by atoms with Crippen molar-refractivity contribution in [1.82, 2.24) is 9.88 Å². The van der Waals surface area contributed by atoms with Crippen LogP contribution in [0.4, 0.5) is 8.78 Å². The van der Waals surface area contributed by atoms with Gasteiger partial charge in [0.25, 0.3) is 0 Å². The maximum Gasteiger partial charge on any atom is 0.171 e. The van der Waals surface area contributed by atoms with Gasteiger partial charge < -0.3 is 9.88 Å². The summed E-state index contributed by atoms with van der Waals surface area (Å²) in [5.41, 5.74) is 2.67. The molecular formula is C22H22F2N2O. The summed E-state index contributed by atoms with van der Waals surface area (Å²) in [6.45, 7) is 1.08. The largest absolute Gasteiger partial charge is 0.358 e. The van der Waals surface area contributed by atoms with Gasteiger partial charge in [0.1, 0.15) is 0 Å². The first-order valence-electron chi connectivity index (χ1n) is 9.30. The van der Waals surface area contributed by atoms with Gasteiger partial charge in [0.15, 0.2) is 17.4 Å². The summed E-state index contributed by atoms with van der Waals surface area (Å²) in [6, 6.07) is 12.1. The van der Waals surface area contributed by atoms with Gasteiger partial charge in [-0.15, -0.1) is 0 Å². The van der Waals surface area contributed by atoms with Crippen LogP contribution < -0.4 is 0 Å². The number of carbonyl (C=O) groups is 1. The van der Waals surface area contributed by atoms with E-state index in [1.54, 1.807) is 0 Å². The maximum atomic E-state index is 14.0. The summed E-state index contributed by atoms with van der Waals surface area (Å²) in [4.78, 5) is 18.4. The summed E-state index contributed by atoms with van der Waals surface area (Å²) in [5, 5.41) is 1.10. The molecule has 4 rings (SSSR count). The molecular weight excluding hydrogens is 346 g/mol. The Bertz CT molecular complexity index is 995. The number of nitrogens with one attached hydrogen (secondary N) is 1. The number of hydrogen-bond acceptors (Lipinski definition) is 2. The highest BCUT2D eigenvalue weighted by molar-refractivity contribution is 5.98. The number of likely N-dealkylation sites (tertiary alicyclic amines) is 1. The van der Waals surface area contributed by atoms with Crippen LogP contribution >= 0.6 is 0 Å². The molecule has 0 aliphatic carbocycles. The smallest absolute Gasteiger partial charge is 0.171 e. The zero-order valence-corrected chi connectivity index (χ0v) is 15.3. The molecule has 1 saturated heterocycles. The zero-order chi connectivity index (χ0) is 19.0. The molecule has 1 aromatic heterocycles. The van der Waals surface area contributed by atoms with E-state index in [9.17, 15) is 13.6 Å². The molecule has 3 nitrogen and oxygen atoms in total. The molecule has 2 aromatic carbocycles. The zero-order valence-electron chi connectivity index (χ0n) is 15.3. The second kappa shape index (κ2) is 7.24. The fourth-order valence-electron chi connectivity index (χ4n) is 4.09. The predicted octanol–water partition coefficient (Wildman–Crippen LogP) is 4.51. The van der Waals surface area contributed by atoms with Gasteiger partial charge in [0.05, 0.1) is 12.0 Å². The van der Waals surface area contributed by atoms with Crippen molar-refractivity contribution in [2.45, 2.75) is 31.7 Å². The van der Waals surface area contributed by atoms with E-state index in [0.717, 1.165) is 47.6 Å². The number of hydrogen-bond donors (Lipinski definition) is 1. The number of rotatable bonds is 5. The van der Waals surface area contributed by atoms with E-state index in [4.69, 9.17) is 0 Å². The average molecular weight is 368 g/mol. The highest BCUT2D eigenvalue weighted by Crippen LogP contribution is 2.29. The van der Waals surface area contributed by atoms with E-state index >= 15 is 0 Å². The Morgan fingerprint density at radius 1 is 1.19 bits per heavy atom. The number of fused-ring (bicyclic) bond motifs is 1. The number of H-pyrrole nitrogens is 1. The lowest BCUT2D eigenvalue weighted by molar-refractivity contribution is 0.0987. The van der Waals surface area contributed by atoms with Gasteiger partial charge in [-0.05, 0) is 56.6 Å². The molecule has 0 spiro atoms. The molecule has 1 atom stereocenters. The minimum absolute atomic E-state index is 0.0286. The van der Waals surface area contributed by atoms with Crippen molar-refractivity contribution in [3.05, 3.63) is 70.9 Å². The SMILES string of the molecule is CN1CCCC1Cc1c(CC(=O)c2cccc(F)c2F)[nH]c2ccccc12. The lowest BCUT2D eigenvalue weighted by Gasteiger charge is -2.19. The normalized spacial score (nSPS) is 17.7. The lowest BCUT2D eigenvalue weighted by atomic mass is 9.97. The molecule has 1 aliphatic rings. The van der Waals surface area contributed by atoms with Crippen LogP contribution in [0.15, 0.2) is 42.5 Å². The average Bonchev–Trinajstić information content (AvgIpc) is 3.21. The van der Waals surface area contributed by atoms with Crippen molar-refractivity contribution in [1.29, 1.82) is 0 Å². The fraction of sp³-hybridized carbons (Fsp3) is 0.318. The number of Topliss-reactive ketones (excluding diaryl/α,β-unsaturated/α-hetero) is 1. The molecule has 1 fully saturated rings. The number of benzene rings is 2. The van der Waals surface area contributed by atoms with Crippen LogP contribution in [0.3, 0.4) is 0 Å². The highest BCUT2D eigenvalue weighted by atomic mass is 19.2. The number of likely N-dealkylation sites (N-methyl/N-ethyl adjacent to an activating group) is 1. The Balaban J connectivity index is 1.69. The summed E-state index contributed by atoms with van der Waals surface area (Å²) in [7, 11) is 2.12. The van der Waals surface area contributed by atoms with Crippen molar-refractivity contribution in [2.24, 2.45) is 0 Å². The van der Waals surface area contributed by atoms with Crippen LogP contribution in [0.2, 0.25) is 0 Å². The molecule has 3 aromatic rings. The minimum atomic E-state index is -1.07. The second-order valence-corrected chi connectivity index (χ2v) is 7.31. The number of halogens is 2. The monoisotopic (exact) mass is 368 g/mol. The minimum Gasteiger partial charge on any atom is -0.358 e. The first-order valence-corrected chi connectivity index (χ1v) is 9.30. The maximum absolute atomic E-state index is 14.0. The van der Waals surface area contributed by atoms with Crippen LogP contribution in [-0.2, 0) is 12.8 Å². The van der Waals surface area contributed by atoms with Crippen LogP contribution in [0.1, 0.15) is 34.5 Å². The molecule has 140 valence electrons. The Hall–Kier alpha value is -2.53. The van der Waals surface area contributed by atoms with Gasteiger partial charge in [0.2, 0.25) is 0 Å². The van der Waals surface area contributed by atoms with E-state index in [0.29, 0.717) is 6.04 Å². The summed E-state index contributed by atoms with van der Waals surface area (Å²) < 4.78 is 27.5. The highest BCUT2D eigenvalue weighted by Gasteiger charge is 2.25. The van der Waals surface area contributed by atoms with Gasteiger partial charge in [0, 0.05) is 22.6 Å². The predicted molar refractivity (Wildman–Crippen MR) is 102 cm³/mol. The molecule has 27 heavy (non-hydrogen) atoms. The molecule has 0 radical (unpaired) electrons. The third-order valence-corrected chi connectivity index (χ3v) is 5.60. The van der Waals surface area contributed by atoms with Gasteiger partial charge in [-0.3, -0.25) is 4.79 Å². The van der Waals surface area contributed by atoms with E-state index in [1.807, 2.05) is 24.3 Å². The van der Waals surface area contributed by atoms with Crippen molar-refractivity contribution in [3.63, 3.8) is 0 Å². The van der Waals surface area contributed by atoms with Gasteiger partial charge >= 0.3 is 0 Å². The van der Waals surface area contributed by atoms with Crippen molar-refractivity contribution in [3.8, 4) is 0 Å². The third kappa shape index (κ3) is 3.39. The van der Waals surface area contributed by atoms with Crippen LogP contribution in [0, 0.1) is 11.6 Å². The molecule has 1 aliphatic heterocycles. The van der Waals surface area contributed by atoms with E-state index in [-0.39, 0.29) is 12.0 Å². The van der Waals surface area contributed by atoms with Crippen LogP contribution in [0.25, 0.3) is 10.9 Å². The standard InChI is InChI=1S/C22H22F2N2O/c1-26-11-5-6-14(26)12-17-15-7-2-3-10-19(15)25-20(17)13-21(27)16-8-4-9-18(23)22(16)24/h2-4,7-10,14,25H,5-6,11-13H2,1H3. The number of ketones is 1. The second-order valence-electron chi connectivity index (χ2n) is 7.31. The molecule has 5 heteroatoms. The number of aromatic amines is 1. The Kier molecular flexibility index (Phi) is 4.79. The Morgan fingerprint density at radius 2 is 2.00 bits per heavy atom. The Morgan fingerprint density at radius 3 is 2.78 bits per heavy atom. The molecule has 1 unspecified atom stereocenters. The molecule has 0 bridgehead atoms. The van der Waals surface area contributed by atoms with E-state index < -0.39 is 17.4 Å². The number of para-hydroxylation sites is 1.